The van der Waals surface area contributed by atoms with Gasteiger partial charge in [-0.2, -0.15) is 0 Å². The van der Waals surface area contributed by atoms with Crippen molar-refractivity contribution >= 4 is 23.2 Å². The third kappa shape index (κ3) is 3.16. The number of nitrogens with zero attached hydrogens (tertiary/aromatic N) is 8. The molecule has 3 aromatic heterocycles. The van der Waals surface area contributed by atoms with Crippen molar-refractivity contribution in [1.82, 2.24) is 40.2 Å². The smallest absolute Gasteiger partial charge is 0.271 e. The second kappa shape index (κ2) is 6.96. The van der Waals surface area contributed by atoms with Gasteiger partial charge in [-0.25, -0.2) is 19.7 Å². The van der Waals surface area contributed by atoms with Gasteiger partial charge >= 0.3 is 0 Å². The van der Waals surface area contributed by atoms with Crippen LogP contribution < -0.4 is 0 Å². The molecule has 0 unspecified atom stereocenters. The van der Waals surface area contributed by atoms with E-state index in [1.54, 1.807) is 17.8 Å². The molecule has 1 aliphatic heterocycles. The van der Waals surface area contributed by atoms with Crippen molar-refractivity contribution < 1.29 is 9.59 Å². The van der Waals surface area contributed by atoms with Gasteiger partial charge in [-0.3, -0.25) is 14.6 Å². The molecule has 10 nitrogen and oxygen atoms in total. The highest BCUT2D eigenvalue weighted by molar-refractivity contribution is 7.13. The second-order valence-electron chi connectivity index (χ2n) is 5.59. The van der Waals surface area contributed by atoms with Gasteiger partial charge in [0.1, 0.15) is 23.6 Å². The summed E-state index contributed by atoms with van der Waals surface area (Å²) in [7, 11) is 0. The van der Waals surface area contributed by atoms with E-state index in [1.165, 1.54) is 32.4 Å². The molecule has 3 aromatic rings. The van der Waals surface area contributed by atoms with E-state index in [4.69, 9.17) is 0 Å². The molecule has 0 spiro atoms. The van der Waals surface area contributed by atoms with E-state index in [-0.39, 0.29) is 18.4 Å². The minimum atomic E-state index is -0.293. The lowest BCUT2D eigenvalue weighted by Crippen LogP contribution is -2.46. The first-order chi connectivity index (χ1) is 12.7. The van der Waals surface area contributed by atoms with Crippen LogP contribution in [0.4, 0.5) is 0 Å². The third-order valence-electron chi connectivity index (χ3n) is 3.87. The number of hydrogen-bond donors (Lipinski definition) is 0. The van der Waals surface area contributed by atoms with Crippen LogP contribution >= 0.6 is 11.3 Å². The van der Waals surface area contributed by atoms with E-state index in [2.05, 4.69) is 25.5 Å². The number of carbonyl (C=O) groups is 2. The van der Waals surface area contributed by atoms with Crippen LogP contribution in [-0.4, -0.2) is 65.1 Å². The minimum Gasteiger partial charge on any atom is -0.271 e. The summed E-state index contributed by atoms with van der Waals surface area (Å²) in [5.74, 6) is -0.537. The lowest BCUT2D eigenvalue weighted by molar-refractivity contribution is -0.141. The van der Waals surface area contributed by atoms with E-state index in [0.717, 1.165) is 5.56 Å². The van der Waals surface area contributed by atoms with Crippen LogP contribution in [0.15, 0.2) is 36.2 Å². The summed E-state index contributed by atoms with van der Waals surface area (Å²) in [6.07, 6.45) is 5.46. The van der Waals surface area contributed by atoms with Gasteiger partial charge < -0.3 is 0 Å². The van der Waals surface area contributed by atoms with E-state index in [1.807, 2.05) is 12.1 Å². The van der Waals surface area contributed by atoms with Crippen molar-refractivity contribution in [2.24, 2.45) is 0 Å². The van der Waals surface area contributed by atoms with Crippen molar-refractivity contribution in [3.05, 3.63) is 41.9 Å². The Morgan fingerprint density at radius 3 is 2.88 bits per heavy atom. The summed E-state index contributed by atoms with van der Waals surface area (Å²) in [5.41, 5.74) is 1.17. The number of tetrazole rings is 1. The number of rotatable bonds is 4. The SMILES string of the molecule is O=C(Cn1cnnn1)N1CCCN1C(=O)c1csc(-c2cccnc2)n1. The zero-order valence-electron chi connectivity index (χ0n) is 13.6. The molecular weight excluding hydrogens is 356 g/mol. The monoisotopic (exact) mass is 370 g/mol. The van der Waals surface area contributed by atoms with Crippen molar-refractivity contribution in [2.75, 3.05) is 13.1 Å². The molecule has 0 radical (unpaired) electrons. The fourth-order valence-corrected chi connectivity index (χ4v) is 3.47. The lowest BCUT2D eigenvalue weighted by atomic mass is 10.3. The van der Waals surface area contributed by atoms with Gasteiger partial charge in [-0.15, -0.1) is 16.4 Å². The van der Waals surface area contributed by atoms with E-state index < -0.39 is 0 Å². The molecule has 26 heavy (non-hydrogen) atoms. The van der Waals surface area contributed by atoms with Crippen LogP contribution in [-0.2, 0) is 11.3 Å². The molecule has 0 aromatic carbocycles. The first-order valence-corrected chi connectivity index (χ1v) is 8.79. The molecule has 0 atom stereocenters. The van der Waals surface area contributed by atoms with Gasteiger partial charge in [0.15, 0.2) is 0 Å². The van der Waals surface area contributed by atoms with Crippen LogP contribution in [0.25, 0.3) is 10.6 Å². The van der Waals surface area contributed by atoms with Crippen molar-refractivity contribution in [3.8, 4) is 10.6 Å². The van der Waals surface area contributed by atoms with Gasteiger partial charge in [0.25, 0.3) is 11.8 Å². The summed E-state index contributed by atoms with van der Waals surface area (Å²) >= 11 is 1.37. The Kier molecular flexibility index (Phi) is 4.35. The Labute approximate surface area is 152 Å². The first kappa shape index (κ1) is 16.3. The highest BCUT2D eigenvalue weighted by Gasteiger charge is 2.32. The van der Waals surface area contributed by atoms with Crippen LogP contribution in [0.1, 0.15) is 16.9 Å². The van der Waals surface area contributed by atoms with Crippen LogP contribution in [0.2, 0.25) is 0 Å². The molecule has 1 aliphatic rings. The maximum atomic E-state index is 12.8. The maximum absolute atomic E-state index is 12.8. The standard InChI is InChI=1S/C15H14N8O2S/c24-13(8-21-10-17-19-20-21)22-5-2-6-23(22)15(25)12-9-26-14(18-12)11-3-1-4-16-7-11/h1,3-4,7,9-10H,2,5-6,8H2. The fraction of sp³-hybridized carbons (Fsp3) is 0.267. The molecule has 0 aliphatic carbocycles. The van der Waals surface area contributed by atoms with E-state index in [0.29, 0.717) is 30.2 Å². The van der Waals surface area contributed by atoms with Crippen LogP contribution in [0, 0.1) is 0 Å². The number of amides is 2. The van der Waals surface area contributed by atoms with Crippen LogP contribution in [0.5, 0.6) is 0 Å². The van der Waals surface area contributed by atoms with Crippen molar-refractivity contribution in [2.45, 2.75) is 13.0 Å². The average Bonchev–Trinajstić information content (AvgIpc) is 3.42. The Balaban J connectivity index is 1.50. The summed E-state index contributed by atoms with van der Waals surface area (Å²) < 4.78 is 1.33. The minimum absolute atomic E-state index is 0.0191. The number of pyridine rings is 1. The predicted molar refractivity (Wildman–Crippen MR) is 90.5 cm³/mol. The lowest BCUT2D eigenvalue weighted by Gasteiger charge is -2.27. The Morgan fingerprint density at radius 2 is 2.12 bits per heavy atom. The molecule has 4 rings (SSSR count). The summed E-state index contributed by atoms with van der Waals surface area (Å²) in [6, 6.07) is 3.70. The fourth-order valence-electron chi connectivity index (χ4n) is 2.68. The van der Waals surface area contributed by atoms with Crippen molar-refractivity contribution in [1.29, 1.82) is 0 Å². The molecule has 0 bridgehead atoms. The van der Waals surface area contributed by atoms with E-state index in [9.17, 15) is 9.59 Å². The number of carbonyl (C=O) groups excluding carboxylic acids is 2. The molecule has 2 amide bonds. The van der Waals surface area contributed by atoms with Gasteiger partial charge in [0.05, 0.1) is 0 Å². The molecular formula is C15H14N8O2S. The van der Waals surface area contributed by atoms with Gasteiger partial charge in [0, 0.05) is 36.4 Å². The van der Waals surface area contributed by atoms with E-state index >= 15 is 0 Å². The largest absolute Gasteiger partial charge is 0.291 e. The van der Waals surface area contributed by atoms with Crippen molar-refractivity contribution in [3.63, 3.8) is 0 Å². The number of thiazole rings is 1. The average molecular weight is 370 g/mol. The zero-order valence-corrected chi connectivity index (χ0v) is 14.4. The molecule has 11 heteroatoms. The number of aromatic nitrogens is 6. The maximum Gasteiger partial charge on any atom is 0.291 e. The Morgan fingerprint density at radius 1 is 1.23 bits per heavy atom. The highest BCUT2D eigenvalue weighted by Crippen LogP contribution is 2.24. The molecule has 0 N–H and O–H groups in total. The molecule has 1 saturated heterocycles. The normalized spacial score (nSPS) is 14.0. The third-order valence-corrected chi connectivity index (χ3v) is 4.77. The first-order valence-electron chi connectivity index (χ1n) is 7.91. The predicted octanol–water partition coefficient (Wildman–Crippen LogP) is 0.481. The Bertz CT molecular complexity index is 911. The Hall–Kier alpha value is -3.21. The number of hydrogen-bond acceptors (Lipinski definition) is 8. The quantitative estimate of drug-likeness (QED) is 0.657. The molecule has 1 fully saturated rings. The van der Waals surface area contributed by atoms with Crippen LogP contribution in [0.3, 0.4) is 0 Å². The summed E-state index contributed by atoms with van der Waals surface area (Å²) in [5, 5.41) is 16.0. The highest BCUT2D eigenvalue weighted by atomic mass is 32.1. The van der Waals surface area contributed by atoms with Gasteiger partial charge in [-0.05, 0) is 29.0 Å². The topological polar surface area (TPSA) is 110 Å². The molecule has 4 heterocycles. The second-order valence-corrected chi connectivity index (χ2v) is 6.44. The van der Waals surface area contributed by atoms with Gasteiger partial charge in [-0.1, -0.05) is 0 Å². The summed E-state index contributed by atoms with van der Waals surface area (Å²) in [6.45, 7) is 0.932. The summed E-state index contributed by atoms with van der Waals surface area (Å²) in [4.78, 5) is 33.8. The van der Waals surface area contributed by atoms with Gasteiger partial charge in [0.2, 0.25) is 0 Å². The zero-order chi connectivity index (χ0) is 17.9. The molecule has 0 saturated carbocycles. The number of hydrazine groups is 1. The molecule has 132 valence electrons.